The number of nitrogens with one attached hydrogen (secondary N) is 2. The van der Waals surface area contributed by atoms with Gasteiger partial charge in [-0.3, -0.25) is 9.52 Å². The second-order valence-corrected chi connectivity index (χ2v) is 10.1. The van der Waals surface area contributed by atoms with Gasteiger partial charge in [0.15, 0.2) is 0 Å². The minimum Gasteiger partial charge on any atom is -0.496 e. The van der Waals surface area contributed by atoms with E-state index in [1.807, 2.05) is 24.3 Å². The lowest BCUT2D eigenvalue weighted by atomic mass is 9.84. The number of anilines is 1. The molecule has 1 saturated heterocycles. The Morgan fingerprint density at radius 2 is 2.03 bits per heavy atom. The van der Waals surface area contributed by atoms with Gasteiger partial charge in [0.1, 0.15) is 23.7 Å². The number of methoxy groups -OCH3 is 1. The molecule has 2 aromatic carbocycles. The number of benzene rings is 2. The van der Waals surface area contributed by atoms with Crippen molar-refractivity contribution < 1.29 is 32.5 Å². The number of hydrogen-bond donors (Lipinski definition) is 3. The van der Waals surface area contributed by atoms with Crippen LogP contribution in [0.5, 0.6) is 11.5 Å². The molecule has 0 radical (unpaired) electrons. The van der Waals surface area contributed by atoms with Crippen LogP contribution in [0.25, 0.3) is 0 Å². The molecule has 4 rings (SSSR count). The molecule has 2 aliphatic rings. The summed E-state index contributed by atoms with van der Waals surface area (Å²) < 4.78 is 43.0. The Balaban J connectivity index is 1.44. The Bertz CT molecular complexity index is 1120. The van der Waals surface area contributed by atoms with Gasteiger partial charge in [-0.2, -0.15) is 0 Å². The average Bonchev–Trinajstić information content (AvgIpc) is 3.14. The first-order chi connectivity index (χ1) is 15.8. The Morgan fingerprint density at radius 3 is 2.76 bits per heavy atom. The van der Waals surface area contributed by atoms with E-state index in [1.165, 1.54) is 0 Å². The van der Waals surface area contributed by atoms with E-state index in [9.17, 15) is 18.3 Å². The van der Waals surface area contributed by atoms with Crippen LogP contribution in [0.2, 0.25) is 0 Å². The van der Waals surface area contributed by atoms with E-state index >= 15 is 0 Å². The van der Waals surface area contributed by atoms with E-state index in [0.717, 1.165) is 17.4 Å². The zero-order valence-corrected chi connectivity index (χ0v) is 19.3. The molecule has 1 amide bonds. The fraction of sp³-hybridized carbons (Fsp3) is 0.435. The van der Waals surface area contributed by atoms with Crippen LogP contribution >= 0.6 is 0 Å². The topological polar surface area (TPSA) is 123 Å². The molecule has 2 heterocycles. The van der Waals surface area contributed by atoms with Crippen LogP contribution in [0.15, 0.2) is 42.5 Å². The summed E-state index contributed by atoms with van der Waals surface area (Å²) in [5.41, 5.74) is 2.16. The first-order valence-corrected chi connectivity index (χ1v) is 12.6. The van der Waals surface area contributed by atoms with Crippen molar-refractivity contribution in [2.24, 2.45) is 0 Å². The van der Waals surface area contributed by atoms with Gasteiger partial charge < -0.3 is 24.6 Å². The number of fused-ring (bicyclic) bond motifs is 3. The predicted octanol–water partition coefficient (Wildman–Crippen LogP) is 1.77. The van der Waals surface area contributed by atoms with Gasteiger partial charge >= 0.3 is 0 Å². The van der Waals surface area contributed by atoms with E-state index in [4.69, 9.17) is 14.2 Å². The maximum absolute atomic E-state index is 12.6. The maximum atomic E-state index is 12.6. The largest absolute Gasteiger partial charge is 0.496 e. The van der Waals surface area contributed by atoms with Crippen molar-refractivity contribution >= 4 is 21.6 Å². The zero-order valence-electron chi connectivity index (χ0n) is 18.5. The summed E-state index contributed by atoms with van der Waals surface area (Å²) >= 11 is 0. The van der Waals surface area contributed by atoms with Crippen LogP contribution in [0.4, 0.5) is 5.69 Å². The molecule has 9 nitrogen and oxygen atoms in total. The fourth-order valence-corrected chi connectivity index (χ4v) is 5.04. The van der Waals surface area contributed by atoms with Gasteiger partial charge in [-0.1, -0.05) is 18.2 Å². The van der Waals surface area contributed by atoms with Gasteiger partial charge in [-0.15, -0.1) is 0 Å². The van der Waals surface area contributed by atoms with Crippen molar-refractivity contribution in [2.75, 3.05) is 24.7 Å². The lowest BCUT2D eigenvalue weighted by Crippen LogP contribution is -2.47. The summed E-state index contributed by atoms with van der Waals surface area (Å²) in [6.07, 6.45) is 0.336. The van der Waals surface area contributed by atoms with Crippen molar-refractivity contribution in [3.8, 4) is 11.5 Å². The molecule has 10 heteroatoms. The number of aliphatic hydroxyl groups excluding tert-OH is 1. The fourth-order valence-electron chi connectivity index (χ4n) is 4.49. The number of carbonyl (C=O) groups excluding carboxylic acids is 1. The zero-order chi connectivity index (χ0) is 23.6. The van der Waals surface area contributed by atoms with Crippen molar-refractivity contribution in [2.45, 2.75) is 43.6 Å². The number of hydrogen-bond acceptors (Lipinski definition) is 7. The molecule has 0 bridgehead atoms. The van der Waals surface area contributed by atoms with Gasteiger partial charge in [0.25, 0.3) is 0 Å². The normalized spacial score (nSPS) is 23.7. The Morgan fingerprint density at radius 1 is 1.24 bits per heavy atom. The molecule has 2 aliphatic heterocycles. The molecule has 33 heavy (non-hydrogen) atoms. The molecule has 4 atom stereocenters. The molecule has 0 spiro atoms. The summed E-state index contributed by atoms with van der Waals surface area (Å²) in [4.78, 5) is 12.6. The van der Waals surface area contributed by atoms with Gasteiger partial charge in [0, 0.05) is 29.3 Å². The molecule has 0 aromatic heterocycles. The number of carbonyl (C=O) groups is 1. The highest BCUT2D eigenvalue weighted by atomic mass is 32.2. The highest BCUT2D eigenvalue weighted by molar-refractivity contribution is 7.92. The van der Waals surface area contributed by atoms with E-state index in [-0.39, 0.29) is 24.9 Å². The second-order valence-electron chi connectivity index (χ2n) is 8.32. The van der Waals surface area contributed by atoms with Crippen molar-refractivity contribution in [1.82, 2.24) is 5.32 Å². The monoisotopic (exact) mass is 476 g/mol. The molecular weight excluding hydrogens is 448 g/mol. The number of aliphatic hydroxyl groups is 1. The van der Waals surface area contributed by atoms with E-state index in [0.29, 0.717) is 30.2 Å². The minimum absolute atomic E-state index is 0.126. The minimum atomic E-state index is -3.42. The predicted molar refractivity (Wildman–Crippen MR) is 122 cm³/mol. The molecule has 0 saturated carbocycles. The Labute approximate surface area is 193 Å². The van der Waals surface area contributed by atoms with Gasteiger partial charge in [-0.05, 0) is 30.7 Å². The first-order valence-electron chi connectivity index (χ1n) is 10.7. The number of amides is 1. The molecule has 0 unspecified atom stereocenters. The Kier molecular flexibility index (Phi) is 6.78. The van der Waals surface area contributed by atoms with E-state index in [1.54, 1.807) is 25.3 Å². The quantitative estimate of drug-likeness (QED) is 0.531. The highest BCUT2D eigenvalue weighted by Gasteiger charge is 2.46. The molecule has 3 N–H and O–H groups in total. The van der Waals surface area contributed by atoms with Gasteiger partial charge in [0.2, 0.25) is 15.9 Å². The number of ether oxygens (including phenoxy) is 3. The smallest absolute Gasteiger partial charge is 0.229 e. The SMILES string of the molecule is COc1ccccc1CNC(=O)C[C@H]1C[C@@H]2c3cc(NS(C)(=O)=O)ccc3O[C@@H]2[C@@H](CO)O1. The lowest BCUT2D eigenvalue weighted by Gasteiger charge is -2.37. The summed E-state index contributed by atoms with van der Waals surface area (Å²) in [6.45, 7) is 0.0838. The Hall–Kier alpha value is -2.82. The van der Waals surface area contributed by atoms with Crippen LogP contribution in [-0.2, 0) is 26.1 Å². The molecule has 178 valence electrons. The molecule has 2 aromatic rings. The average molecular weight is 477 g/mol. The van der Waals surface area contributed by atoms with Crippen LogP contribution in [0, 0.1) is 0 Å². The number of rotatable bonds is 8. The highest BCUT2D eigenvalue weighted by Crippen LogP contribution is 2.47. The van der Waals surface area contributed by atoms with Gasteiger partial charge in [0.05, 0.1) is 32.5 Å². The second kappa shape index (κ2) is 9.58. The lowest BCUT2D eigenvalue weighted by molar-refractivity contribution is -0.142. The van der Waals surface area contributed by atoms with E-state index in [2.05, 4.69) is 10.0 Å². The summed E-state index contributed by atoms with van der Waals surface area (Å²) in [5.74, 6) is 1.03. The molecule has 0 aliphatic carbocycles. The van der Waals surface area contributed by atoms with Crippen LogP contribution in [-0.4, -0.2) is 57.7 Å². The third-order valence-electron chi connectivity index (χ3n) is 5.88. The molecular formula is C23H28N2O7S. The first kappa shape index (κ1) is 23.3. The summed E-state index contributed by atoms with van der Waals surface area (Å²) in [6, 6.07) is 12.6. The van der Waals surface area contributed by atoms with Gasteiger partial charge in [-0.25, -0.2) is 8.42 Å². The summed E-state index contributed by atoms with van der Waals surface area (Å²) in [5, 5.41) is 12.8. The van der Waals surface area contributed by atoms with Crippen molar-refractivity contribution in [3.05, 3.63) is 53.6 Å². The van der Waals surface area contributed by atoms with Crippen LogP contribution in [0.1, 0.15) is 29.9 Å². The van der Waals surface area contributed by atoms with Crippen molar-refractivity contribution in [3.63, 3.8) is 0 Å². The standard InChI is InChI=1S/C23H28N2O7S/c1-30-19-6-4-3-5-14(19)12-24-22(27)11-16-10-18-17-9-15(25-33(2,28)29)7-8-20(17)32-23(18)21(13-26)31-16/h3-9,16,18,21,23,25-26H,10-13H2,1-2H3,(H,24,27)/t16-,18-,21-,23+/m1/s1. The maximum Gasteiger partial charge on any atom is 0.229 e. The third kappa shape index (κ3) is 5.40. The summed E-state index contributed by atoms with van der Waals surface area (Å²) in [7, 11) is -1.83. The third-order valence-corrected chi connectivity index (χ3v) is 6.49. The number of sulfonamides is 1. The van der Waals surface area contributed by atoms with Crippen LogP contribution in [0.3, 0.4) is 0 Å². The molecule has 1 fully saturated rings. The number of para-hydroxylation sites is 1. The van der Waals surface area contributed by atoms with Crippen LogP contribution < -0.4 is 19.5 Å². The van der Waals surface area contributed by atoms with Crippen molar-refractivity contribution in [1.29, 1.82) is 0 Å². The van der Waals surface area contributed by atoms with E-state index < -0.39 is 28.3 Å².